The molecule has 240 valence electrons. The van der Waals surface area contributed by atoms with Gasteiger partial charge in [0.1, 0.15) is 23.2 Å². The van der Waals surface area contributed by atoms with Crippen molar-refractivity contribution in [1.29, 1.82) is 0 Å². The van der Waals surface area contributed by atoms with Crippen LogP contribution in [0.2, 0.25) is 0 Å². The SMILES string of the molecule is c1ccc(C2=NC(c3cccc4oc5c(-c6cccc7c6sc6ccccc67)cccc5c34)NC(c3cccc4c3sc3ccccc34)=N2)cc1. The first-order valence-corrected chi connectivity index (χ1v) is 18.7. The zero-order valence-corrected chi connectivity index (χ0v) is 28.8. The zero-order valence-electron chi connectivity index (χ0n) is 27.1. The minimum atomic E-state index is -0.392. The Bertz CT molecular complexity index is 3070. The van der Waals surface area contributed by atoms with Gasteiger partial charge in [-0.1, -0.05) is 127 Å². The third kappa shape index (κ3) is 4.43. The predicted octanol–water partition coefficient (Wildman–Crippen LogP) is 12.5. The van der Waals surface area contributed by atoms with Gasteiger partial charge in [0.25, 0.3) is 0 Å². The van der Waals surface area contributed by atoms with E-state index in [1.54, 1.807) is 0 Å². The van der Waals surface area contributed by atoms with Crippen molar-refractivity contribution >= 4 is 96.6 Å². The van der Waals surface area contributed by atoms with Crippen LogP contribution in [0.4, 0.5) is 0 Å². The van der Waals surface area contributed by atoms with Gasteiger partial charge in [0.15, 0.2) is 5.84 Å². The maximum atomic E-state index is 6.81. The van der Waals surface area contributed by atoms with Gasteiger partial charge in [-0.2, -0.15) is 0 Å². The molecule has 0 saturated carbocycles. The third-order valence-electron chi connectivity index (χ3n) is 9.98. The van der Waals surface area contributed by atoms with E-state index >= 15 is 0 Å². The summed E-state index contributed by atoms with van der Waals surface area (Å²) in [4.78, 5) is 10.5. The number of benzene rings is 7. The van der Waals surface area contributed by atoms with Crippen LogP contribution < -0.4 is 5.32 Å². The molecule has 6 heteroatoms. The summed E-state index contributed by atoms with van der Waals surface area (Å²) >= 11 is 3.65. The van der Waals surface area contributed by atoms with Crippen molar-refractivity contribution < 1.29 is 4.42 Å². The maximum Gasteiger partial charge on any atom is 0.159 e. The van der Waals surface area contributed by atoms with Crippen LogP contribution in [0.1, 0.15) is 22.9 Å². The van der Waals surface area contributed by atoms with Gasteiger partial charge in [-0.05, 0) is 24.3 Å². The molecule has 1 N–H and O–H groups in total. The van der Waals surface area contributed by atoms with Crippen LogP contribution in [0.3, 0.4) is 0 Å². The average molecular weight is 690 g/mol. The summed E-state index contributed by atoms with van der Waals surface area (Å²) < 4.78 is 11.8. The highest BCUT2D eigenvalue weighted by Gasteiger charge is 2.26. The first-order valence-electron chi connectivity index (χ1n) is 17.0. The molecular formula is C45H27N3OS2. The Labute approximate surface area is 300 Å². The van der Waals surface area contributed by atoms with Gasteiger partial charge in [-0.15, -0.1) is 22.7 Å². The molecule has 0 saturated heterocycles. The second kappa shape index (κ2) is 11.2. The van der Waals surface area contributed by atoms with Gasteiger partial charge in [0.05, 0.1) is 0 Å². The van der Waals surface area contributed by atoms with E-state index < -0.39 is 6.17 Å². The molecule has 4 heterocycles. The van der Waals surface area contributed by atoms with Crippen LogP contribution >= 0.6 is 22.7 Å². The molecule has 1 unspecified atom stereocenters. The molecule has 0 bridgehead atoms. The van der Waals surface area contributed by atoms with Crippen molar-refractivity contribution in [2.45, 2.75) is 6.17 Å². The van der Waals surface area contributed by atoms with Crippen molar-refractivity contribution in [3.63, 3.8) is 0 Å². The Hall–Kier alpha value is -6.08. The predicted molar refractivity (Wildman–Crippen MR) is 217 cm³/mol. The minimum absolute atomic E-state index is 0.392. The van der Waals surface area contributed by atoms with Gasteiger partial charge in [-0.25, -0.2) is 9.98 Å². The van der Waals surface area contributed by atoms with Crippen molar-refractivity contribution in [1.82, 2.24) is 5.32 Å². The molecule has 3 aromatic heterocycles. The molecule has 11 rings (SSSR count). The Balaban J connectivity index is 1.10. The Kier molecular flexibility index (Phi) is 6.32. The third-order valence-corrected chi connectivity index (χ3v) is 12.4. The molecule has 0 radical (unpaired) electrons. The fourth-order valence-corrected chi connectivity index (χ4v) is 10.1. The van der Waals surface area contributed by atoms with Crippen LogP contribution in [-0.2, 0) is 0 Å². The van der Waals surface area contributed by atoms with Crippen molar-refractivity contribution in [2.75, 3.05) is 0 Å². The number of hydrogen-bond donors (Lipinski definition) is 1. The lowest BCUT2D eigenvalue weighted by molar-refractivity contribution is 0.663. The second-order valence-electron chi connectivity index (χ2n) is 12.9. The van der Waals surface area contributed by atoms with Gasteiger partial charge in [0, 0.05) is 78.9 Å². The number of fused-ring (bicyclic) bond motifs is 9. The number of nitrogens with one attached hydrogen (secondary N) is 1. The number of aliphatic imine (C=N–C) groups is 2. The highest BCUT2D eigenvalue weighted by atomic mass is 32.1. The van der Waals surface area contributed by atoms with Gasteiger partial charge in [-0.3, -0.25) is 0 Å². The Morgan fingerprint density at radius 1 is 0.510 bits per heavy atom. The lowest BCUT2D eigenvalue weighted by Gasteiger charge is -2.24. The highest BCUT2D eigenvalue weighted by Crippen LogP contribution is 2.45. The molecule has 4 nitrogen and oxygen atoms in total. The van der Waals surface area contributed by atoms with Gasteiger partial charge < -0.3 is 9.73 Å². The fourth-order valence-electron chi connectivity index (χ4n) is 7.67. The maximum absolute atomic E-state index is 6.81. The van der Waals surface area contributed by atoms with E-state index in [4.69, 9.17) is 14.4 Å². The van der Waals surface area contributed by atoms with Crippen LogP contribution in [0, 0.1) is 0 Å². The number of nitrogens with zero attached hydrogens (tertiary/aromatic N) is 2. The Morgan fingerprint density at radius 2 is 1.10 bits per heavy atom. The molecule has 1 aliphatic heterocycles. The quantitative estimate of drug-likeness (QED) is 0.200. The van der Waals surface area contributed by atoms with E-state index in [-0.39, 0.29) is 0 Å². The van der Waals surface area contributed by atoms with E-state index in [2.05, 4.69) is 139 Å². The number of furan rings is 1. The minimum Gasteiger partial charge on any atom is -0.455 e. The first-order chi connectivity index (χ1) is 25.3. The summed E-state index contributed by atoms with van der Waals surface area (Å²) in [6, 6.07) is 53.5. The lowest BCUT2D eigenvalue weighted by Crippen LogP contribution is -2.33. The van der Waals surface area contributed by atoms with Crippen LogP contribution in [0.25, 0.3) is 73.4 Å². The smallest absolute Gasteiger partial charge is 0.159 e. The molecule has 0 spiro atoms. The molecule has 0 aliphatic carbocycles. The number of hydrogen-bond acceptors (Lipinski definition) is 6. The van der Waals surface area contributed by atoms with Gasteiger partial charge >= 0.3 is 0 Å². The molecular weight excluding hydrogens is 663 g/mol. The zero-order chi connectivity index (χ0) is 33.5. The van der Waals surface area contributed by atoms with E-state index in [0.29, 0.717) is 5.84 Å². The summed E-state index contributed by atoms with van der Waals surface area (Å²) in [6.45, 7) is 0. The van der Waals surface area contributed by atoms with E-state index in [9.17, 15) is 0 Å². The van der Waals surface area contributed by atoms with Gasteiger partial charge in [0.2, 0.25) is 0 Å². The van der Waals surface area contributed by atoms with E-state index in [0.717, 1.165) is 50.0 Å². The van der Waals surface area contributed by atoms with E-state index in [1.165, 1.54) is 45.9 Å². The number of amidine groups is 2. The van der Waals surface area contributed by atoms with Crippen molar-refractivity contribution in [3.05, 3.63) is 168 Å². The number of para-hydroxylation sites is 1. The van der Waals surface area contributed by atoms with Crippen LogP contribution in [0.15, 0.2) is 166 Å². The standard InChI is InChI=1S/C45H27N3OS2/c1-2-12-26(13-3-1)43-46-44(48-45(47-43)35-22-10-18-31-28-15-5-7-25-38(28)51-42(31)35)34-21-11-23-36-39(34)33-20-8-16-29(40(33)49-36)32-19-9-17-30-27-14-4-6-24-37(27)50-41(30)32/h1-25,44H,(H,46,47,48). The normalized spacial score (nSPS) is 14.9. The molecule has 0 amide bonds. The average Bonchev–Trinajstić information content (AvgIpc) is 3.89. The Morgan fingerprint density at radius 3 is 1.84 bits per heavy atom. The fraction of sp³-hybridized carbons (Fsp3) is 0.0222. The molecule has 0 fully saturated rings. The summed E-state index contributed by atoms with van der Waals surface area (Å²) in [6.07, 6.45) is -0.392. The molecule has 51 heavy (non-hydrogen) atoms. The topological polar surface area (TPSA) is 49.9 Å². The summed E-state index contributed by atoms with van der Waals surface area (Å²) in [5.74, 6) is 1.52. The van der Waals surface area contributed by atoms with E-state index in [1.807, 2.05) is 40.9 Å². The first kappa shape index (κ1) is 28.7. The summed E-state index contributed by atoms with van der Waals surface area (Å²) in [5.41, 5.74) is 7.11. The largest absolute Gasteiger partial charge is 0.455 e. The molecule has 1 aliphatic rings. The molecule has 7 aromatic carbocycles. The molecule has 1 atom stereocenters. The van der Waals surface area contributed by atoms with Crippen LogP contribution in [0.5, 0.6) is 0 Å². The lowest BCUT2D eigenvalue weighted by atomic mass is 9.98. The second-order valence-corrected chi connectivity index (χ2v) is 15.0. The number of thiophene rings is 2. The summed E-state index contributed by atoms with van der Waals surface area (Å²) in [7, 11) is 0. The number of rotatable bonds is 4. The van der Waals surface area contributed by atoms with Crippen molar-refractivity contribution in [3.8, 4) is 11.1 Å². The monoisotopic (exact) mass is 689 g/mol. The molecule has 10 aromatic rings. The highest BCUT2D eigenvalue weighted by molar-refractivity contribution is 7.26. The van der Waals surface area contributed by atoms with Crippen LogP contribution in [-0.4, -0.2) is 11.7 Å². The van der Waals surface area contributed by atoms with Crippen molar-refractivity contribution in [2.24, 2.45) is 9.98 Å². The summed E-state index contributed by atoms with van der Waals surface area (Å²) in [5, 5.41) is 11.0.